The predicted molar refractivity (Wildman–Crippen MR) is 75.3 cm³/mol. The molecule has 3 N–H and O–H groups in total. The van der Waals surface area contributed by atoms with Crippen molar-refractivity contribution in [2.45, 2.75) is 39.3 Å². The van der Waals surface area contributed by atoms with Gasteiger partial charge in [-0.15, -0.1) is 0 Å². The number of nitrogens with one attached hydrogen (secondary N) is 3. The predicted octanol–water partition coefficient (Wildman–Crippen LogP) is 1.01. The van der Waals surface area contributed by atoms with Gasteiger partial charge in [-0.2, -0.15) is 5.10 Å². The van der Waals surface area contributed by atoms with Crippen molar-refractivity contribution in [2.75, 3.05) is 13.6 Å². The van der Waals surface area contributed by atoms with Crippen LogP contribution in [0.25, 0.3) is 0 Å². The minimum Gasteiger partial charge on any atom is -0.316 e. The first-order valence-electron chi connectivity index (χ1n) is 6.47. The van der Waals surface area contributed by atoms with Gasteiger partial charge in [0.25, 0.3) is 10.0 Å². The van der Waals surface area contributed by atoms with Gasteiger partial charge in [0, 0.05) is 24.3 Å². The maximum atomic E-state index is 12.2. The Labute approximate surface area is 115 Å². The van der Waals surface area contributed by atoms with Crippen molar-refractivity contribution in [3.05, 3.63) is 11.3 Å². The zero-order valence-corrected chi connectivity index (χ0v) is 13.1. The summed E-state index contributed by atoms with van der Waals surface area (Å²) >= 11 is 0. The highest BCUT2D eigenvalue weighted by Crippen LogP contribution is 2.16. The molecule has 1 unspecified atom stereocenters. The number of nitrogens with zero attached hydrogens (tertiary/aromatic N) is 1. The summed E-state index contributed by atoms with van der Waals surface area (Å²) < 4.78 is 27.1. The van der Waals surface area contributed by atoms with Gasteiger partial charge in [-0.25, -0.2) is 13.1 Å². The number of sulfonamides is 1. The molecule has 0 aromatic carbocycles. The Kier molecular flexibility index (Phi) is 5.51. The number of hydrogen-bond donors (Lipinski definition) is 3. The fourth-order valence-electron chi connectivity index (χ4n) is 1.58. The molecule has 1 aromatic heterocycles. The van der Waals surface area contributed by atoms with Gasteiger partial charge in [-0.1, -0.05) is 20.8 Å². The van der Waals surface area contributed by atoms with Gasteiger partial charge in [-0.3, -0.25) is 5.10 Å². The lowest BCUT2D eigenvalue weighted by atomic mass is 9.99. The molecule has 1 aromatic rings. The van der Waals surface area contributed by atoms with Crippen molar-refractivity contribution in [2.24, 2.45) is 11.8 Å². The van der Waals surface area contributed by atoms with Crippen LogP contribution >= 0.6 is 0 Å². The van der Waals surface area contributed by atoms with E-state index in [0.29, 0.717) is 24.6 Å². The van der Waals surface area contributed by atoms with Crippen molar-refractivity contribution in [3.8, 4) is 0 Å². The zero-order chi connectivity index (χ0) is 14.6. The van der Waals surface area contributed by atoms with E-state index in [4.69, 9.17) is 0 Å². The molecule has 0 saturated heterocycles. The molecule has 0 aliphatic carbocycles. The van der Waals surface area contributed by atoms with E-state index in [9.17, 15) is 8.42 Å². The summed E-state index contributed by atoms with van der Waals surface area (Å²) in [5.74, 6) is 0.711. The maximum absolute atomic E-state index is 12.2. The first-order chi connectivity index (χ1) is 8.79. The summed E-state index contributed by atoms with van der Waals surface area (Å²) in [7, 11) is -1.78. The number of H-pyrrole nitrogens is 1. The fraction of sp³-hybridized carbons (Fsp3) is 0.750. The van der Waals surface area contributed by atoms with Crippen molar-refractivity contribution in [3.63, 3.8) is 0 Å². The third kappa shape index (κ3) is 4.02. The fourth-order valence-corrected chi connectivity index (χ4v) is 2.92. The van der Waals surface area contributed by atoms with Crippen molar-refractivity contribution < 1.29 is 8.42 Å². The molecule has 0 saturated carbocycles. The molecule has 0 aliphatic rings. The first kappa shape index (κ1) is 16.1. The first-order valence-corrected chi connectivity index (χ1v) is 7.96. The Morgan fingerprint density at radius 3 is 2.47 bits per heavy atom. The molecule has 19 heavy (non-hydrogen) atoms. The largest absolute Gasteiger partial charge is 0.316 e. The Balaban J connectivity index is 2.89. The van der Waals surface area contributed by atoms with Crippen LogP contribution in [0.15, 0.2) is 5.03 Å². The molecule has 1 heterocycles. The van der Waals surface area contributed by atoms with Crippen LogP contribution in [-0.2, 0) is 16.6 Å². The summed E-state index contributed by atoms with van der Waals surface area (Å²) in [6, 6.07) is 0. The van der Waals surface area contributed by atoms with E-state index in [0.717, 1.165) is 5.69 Å². The molecule has 7 heteroatoms. The van der Waals surface area contributed by atoms with Gasteiger partial charge in [0.05, 0.1) is 0 Å². The normalized spacial score (nSPS) is 14.0. The number of aromatic nitrogens is 2. The van der Waals surface area contributed by atoms with E-state index in [1.807, 2.05) is 13.8 Å². The Morgan fingerprint density at radius 1 is 1.32 bits per heavy atom. The third-order valence-corrected chi connectivity index (χ3v) is 4.77. The summed E-state index contributed by atoms with van der Waals surface area (Å²) in [6.07, 6.45) is 0. The van der Waals surface area contributed by atoms with Crippen LogP contribution in [0.5, 0.6) is 0 Å². The van der Waals surface area contributed by atoms with Gasteiger partial charge in [-0.05, 0) is 25.8 Å². The molecule has 0 radical (unpaired) electrons. The van der Waals surface area contributed by atoms with E-state index in [1.54, 1.807) is 7.05 Å². The van der Waals surface area contributed by atoms with Crippen molar-refractivity contribution in [1.82, 2.24) is 20.2 Å². The van der Waals surface area contributed by atoms with Gasteiger partial charge < -0.3 is 5.32 Å². The minimum atomic E-state index is -3.55. The van der Waals surface area contributed by atoms with E-state index in [2.05, 4.69) is 34.1 Å². The monoisotopic (exact) mass is 288 g/mol. The van der Waals surface area contributed by atoms with E-state index in [1.165, 1.54) is 0 Å². The van der Waals surface area contributed by atoms with E-state index < -0.39 is 10.0 Å². The standard InChI is InChI=1S/C12H24N4O2S/c1-8(2)9(3)6-14-19(17,18)12-11(7-13-5)10(4)15-16-12/h8-9,13-14H,6-7H2,1-5H3,(H,15,16). The summed E-state index contributed by atoms with van der Waals surface area (Å²) in [5.41, 5.74) is 1.46. The molecular formula is C12H24N4O2S. The molecule has 0 fully saturated rings. The summed E-state index contributed by atoms with van der Waals surface area (Å²) in [5, 5.41) is 9.69. The Hall–Kier alpha value is -0.920. The second-order valence-corrected chi connectivity index (χ2v) is 6.92. The molecule has 1 rings (SSSR count). The molecular weight excluding hydrogens is 264 g/mol. The van der Waals surface area contributed by atoms with Crippen LogP contribution in [0.3, 0.4) is 0 Å². The van der Waals surface area contributed by atoms with Crippen LogP contribution in [0.1, 0.15) is 32.0 Å². The van der Waals surface area contributed by atoms with Crippen LogP contribution in [0.4, 0.5) is 0 Å². The lowest BCUT2D eigenvalue weighted by Crippen LogP contribution is -2.31. The zero-order valence-electron chi connectivity index (χ0n) is 12.2. The van der Waals surface area contributed by atoms with Crippen LogP contribution in [-0.4, -0.2) is 32.2 Å². The van der Waals surface area contributed by atoms with Gasteiger partial charge in [0.1, 0.15) is 0 Å². The summed E-state index contributed by atoms with van der Waals surface area (Å²) in [4.78, 5) is 0. The van der Waals surface area contributed by atoms with Crippen LogP contribution in [0, 0.1) is 18.8 Å². The highest BCUT2D eigenvalue weighted by molar-refractivity contribution is 7.89. The number of aryl methyl sites for hydroxylation is 1. The van der Waals surface area contributed by atoms with Crippen LogP contribution < -0.4 is 10.0 Å². The van der Waals surface area contributed by atoms with Crippen molar-refractivity contribution in [1.29, 1.82) is 0 Å². The molecule has 0 spiro atoms. The maximum Gasteiger partial charge on any atom is 0.260 e. The highest BCUT2D eigenvalue weighted by atomic mass is 32.2. The number of rotatable bonds is 7. The van der Waals surface area contributed by atoms with Crippen LogP contribution in [0.2, 0.25) is 0 Å². The molecule has 1 atom stereocenters. The lowest BCUT2D eigenvalue weighted by Gasteiger charge is -2.16. The molecule has 0 amide bonds. The van der Waals surface area contributed by atoms with Gasteiger partial charge >= 0.3 is 0 Å². The average molecular weight is 288 g/mol. The van der Waals surface area contributed by atoms with Crippen molar-refractivity contribution >= 4 is 10.0 Å². The van der Waals surface area contributed by atoms with E-state index in [-0.39, 0.29) is 10.9 Å². The Morgan fingerprint density at radius 2 is 1.95 bits per heavy atom. The second-order valence-electron chi connectivity index (χ2n) is 5.24. The molecule has 0 bridgehead atoms. The van der Waals surface area contributed by atoms with Gasteiger partial charge in [0.15, 0.2) is 5.03 Å². The smallest absolute Gasteiger partial charge is 0.260 e. The number of aromatic amines is 1. The molecule has 6 nitrogen and oxygen atoms in total. The Bertz CT molecular complexity index is 508. The lowest BCUT2D eigenvalue weighted by molar-refractivity contribution is 0.414. The molecule has 110 valence electrons. The minimum absolute atomic E-state index is 0.0929. The number of hydrogen-bond acceptors (Lipinski definition) is 4. The quantitative estimate of drug-likeness (QED) is 0.699. The topological polar surface area (TPSA) is 86.9 Å². The highest BCUT2D eigenvalue weighted by Gasteiger charge is 2.24. The van der Waals surface area contributed by atoms with Gasteiger partial charge in [0.2, 0.25) is 0 Å². The average Bonchev–Trinajstić information content (AvgIpc) is 2.69. The van der Waals surface area contributed by atoms with E-state index >= 15 is 0 Å². The molecule has 0 aliphatic heterocycles. The second kappa shape index (κ2) is 6.49. The SMILES string of the molecule is CNCc1c(S(=O)(=O)NCC(C)C(C)C)n[nH]c1C. The third-order valence-electron chi connectivity index (χ3n) is 3.38. The summed E-state index contributed by atoms with van der Waals surface area (Å²) in [6.45, 7) is 8.88.